The molecule has 0 spiro atoms. The third-order valence-corrected chi connectivity index (χ3v) is 8.40. The fraction of sp³-hybridized carbons (Fsp3) is 1.00. The maximum absolute atomic E-state index is 2.39. The molecule has 0 aliphatic heterocycles. The van der Waals surface area contributed by atoms with Crippen LogP contribution in [0.25, 0.3) is 0 Å². The lowest BCUT2D eigenvalue weighted by Gasteiger charge is -2.30. The van der Waals surface area contributed by atoms with Crippen molar-refractivity contribution in [2.45, 2.75) is 208 Å². The van der Waals surface area contributed by atoms with E-state index in [4.69, 9.17) is 0 Å². The summed E-state index contributed by atoms with van der Waals surface area (Å²) >= 11 is 0. The summed E-state index contributed by atoms with van der Waals surface area (Å²) in [4.78, 5) is 0. The Morgan fingerprint density at radius 2 is 0.865 bits per heavy atom. The van der Waals surface area contributed by atoms with Gasteiger partial charge in [0.1, 0.15) is 0 Å². The van der Waals surface area contributed by atoms with E-state index in [1.807, 2.05) is 0 Å². The molecule has 230 valence electrons. The third kappa shape index (κ3) is 34.0. The standard InChI is InChI=1S/C11H24.2C10H22.C6H14/c1-5-9-10-11(6-2,7-3)8-4;1-9(2,3)7-8-10(4,5)6;1-5-8-9(4)10(6-2)7-3;1-4-5-6(2)3/h5-10H2,1-4H3;7-8H2,1-6H3;9-10H,5-8H2,1-4H3;6H,4-5H2,1-3H3. The van der Waals surface area contributed by atoms with Gasteiger partial charge in [-0.25, -0.2) is 0 Å². The minimum atomic E-state index is 0.507. The van der Waals surface area contributed by atoms with Gasteiger partial charge in [-0.1, -0.05) is 188 Å². The summed E-state index contributed by atoms with van der Waals surface area (Å²) < 4.78 is 0. The smallest absolute Gasteiger partial charge is 0.0305 e. The summed E-state index contributed by atoms with van der Waals surface area (Å²) in [5.74, 6) is 2.81. The Balaban J connectivity index is -0.000000200. The second-order valence-electron chi connectivity index (χ2n) is 14.8. The van der Waals surface area contributed by atoms with Crippen molar-refractivity contribution in [3.05, 3.63) is 0 Å². The van der Waals surface area contributed by atoms with Crippen LogP contribution in [0.2, 0.25) is 0 Å². The molecule has 0 heterocycles. The van der Waals surface area contributed by atoms with Crippen LogP contribution in [0, 0.1) is 34.0 Å². The van der Waals surface area contributed by atoms with Crippen molar-refractivity contribution < 1.29 is 0 Å². The van der Waals surface area contributed by atoms with Crippen LogP contribution in [0.1, 0.15) is 208 Å². The molecule has 0 fully saturated rings. The van der Waals surface area contributed by atoms with Gasteiger partial charge in [-0.3, -0.25) is 0 Å². The number of hydrogen-bond donors (Lipinski definition) is 0. The predicted molar refractivity (Wildman–Crippen MR) is 179 cm³/mol. The van der Waals surface area contributed by atoms with E-state index >= 15 is 0 Å². The van der Waals surface area contributed by atoms with Crippen molar-refractivity contribution in [2.24, 2.45) is 34.0 Å². The number of unbranched alkanes of at least 4 members (excludes halogenated alkanes) is 1. The Hall–Kier alpha value is 0. The topological polar surface area (TPSA) is 0 Å². The molecule has 0 aromatic heterocycles. The summed E-state index contributed by atoms with van der Waals surface area (Å²) in [5.41, 5.74) is 1.69. The molecule has 0 rings (SSSR count). The zero-order chi connectivity index (χ0) is 30.1. The quantitative estimate of drug-likeness (QED) is 0.211. The summed E-state index contributed by atoms with van der Waals surface area (Å²) in [6, 6.07) is 0. The second kappa shape index (κ2) is 26.2. The highest BCUT2D eigenvalue weighted by Gasteiger charge is 2.22. The van der Waals surface area contributed by atoms with E-state index in [9.17, 15) is 0 Å². The van der Waals surface area contributed by atoms with Gasteiger partial charge in [-0.2, -0.15) is 0 Å². The zero-order valence-electron chi connectivity index (χ0n) is 30.1. The molecule has 1 atom stereocenters. The Labute approximate surface area is 241 Å². The monoisotopic (exact) mass is 527 g/mol. The van der Waals surface area contributed by atoms with Crippen molar-refractivity contribution in [1.29, 1.82) is 0 Å². The molecule has 0 saturated heterocycles. The lowest BCUT2D eigenvalue weighted by atomic mass is 9.76. The first kappa shape index (κ1) is 44.0. The maximum atomic E-state index is 2.39. The highest BCUT2D eigenvalue weighted by molar-refractivity contribution is 4.74. The van der Waals surface area contributed by atoms with Crippen LogP contribution >= 0.6 is 0 Å². The van der Waals surface area contributed by atoms with Gasteiger partial charge in [-0.05, 0) is 53.3 Å². The largest absolute Gasteiger partial charge is 0.0654 e. The molecule has 0 nitrogen and oxygen atoms in total. The summed E-state index contributed by atoms with van der Waals surface area (Å²) in [6.07, 6.45) is 19.1. The van der Waals surface area contributed by atoms with Gasteiger partial charge >= 0.3 is 0 Å². The molecule has 0 aliphatic carbocycles. The van der Waals surface area contributed by atoms with E-state index in [2.05, 4.69) is 118 Å². The van der Waals surface area contributed by atoms with E-state index < -0.39 is 0 Å². The van der Waals surface area contributed by atoms with Crippen molar-refractivity contribution in [3.63, 3.8) is 0 Å². The first-order chi connectivity index (χ1) is 17.0. The highest BCUT2D eigenvalue weighted by atomic mass is 14.3. The number of hydrogen-bond acceptors (Lipinski definition) is 0. The van der Waals surface area contributed by atoms with E-state index in [-0.39, 0.29) is 0 Å². The highest BCUT2D eigenvalue weighted by Crippen LogP contribution is 2.35. The van der Waals surface area contributed by atoms with Crippen LogP contribution in [-0.2, 0) is 0 Å². The molecule has 0 amide bonds. The summed E-state index contributed by atoms with van der Waals surface area (Å²) in [5, 5.41) is 0. The molecule has 37 heavy (non-hydrogen) atoms. The van der Waals surface area contributed by atoms with Gasteiger partial charge in [0.2, 0.25) is 0 Å². The van der Waals surface area contributed by atoms with Crippen LogP contribution in [-0.4, -0.2) is 0 Å². The van der Waals surface area contributed by atoms with Crippen molar-refractivity contribution in [2.75, 3.05) is 0 Å². The molecule has 1 unspecified atom stereocenters. The van der Waals surface area contributed by atoms with Gasteiger partial charge in [0.15, 0.2) is 0 Å². The lowest BCUT2D eigenvalue weighted by Crippen LogP contribution is -2.17. The summed E-state index contributed by atoms with van der Waals surface area (Å²) in [7, 11) is 0. The van der Waals surface area contributed by atoms with Crippen molar-refractivity contribution in [1.82, 2.24) is 0 Å². The van der Waals surface area contributed by atoms with Gasteiger partial charge in [0.25, 0.3) is 0 Å². The molecule has 0 aromatic carbocycles. The average Bonchev–Trinajstić information content (AvgIpc) is 2.80. The molecule has 0 aliphatic rings. The molecule has 0 N–H and O–H groups in total. The van der Waals surface area contributed by atoms with Crippen LogP contribution in [0.3, 0.4) is 0 Å². The van der Waals surface area contributed by atoms with Gasteiger partial charge in [0, 0.05) is 0 Å². The minimum absolute atomic E-state index is 0.507. The van der Waals surface area contributed by atoms with Crippen LogP contribution in [0.5, 0.6) is 0 Å². The van der Waals surface area contributed by atoms with Crippen molar-refractivity contribution in [3.8, 4) is 0 Å². The summed E-state index contributed by atoms with van der Waals surface area (Å²) in [6.45, 7) is 39.1. The van der Waals surface area contributed by atoms with Gasteiger partial charge < -0.3 is 0 Å². The molecular formula is C37H82. The van der Waals surface area contributed by atoms with E-state index in [1.165, 1.54) is 89.9 Å². The Kier molecular flexibility index (Phi) is 31.2. The first-order valence-electron chi connectivity index (χ1n) is 17.0. The van der Waals surface area contributed by atoms with Gasteiger partial charge in [-0.15, -0.1) is 0 Å². The van der Waals surface area contributed by atoms with Crippen LogP contribution in [0.15, 0.2) is 0 Å². The fourth-order valence-electron chi connectivity index (χ4n) is 4.94. The Bertz CT molecular complexity index is 386. The molecule has 0 bridgehead atoms. The van der Waals surface area contributed by atoms with Crippen LogP contribution < -0.4 is 0 Å². The van der Waals surface area contributed by atoms with Gasteiger partial charge in [0.05, 0.1) is 0 Å². The van der Waals surface area contributed by atoms with E-state index in [0.29, 0.717) is 16.2 Å². The molecule has 0 aromatic rings. The minimum Gasteiger partial charge on any atom is -0.0654 e. The molecule has 0 saturated carbocycles. The van der Waals surface area contributed by atoms with Crippen LogP contribution in [0.4, 0.5) is 0 Å². The first-order valence-corrected chi connectivity index (χ1v) is 17.0. The Morgan fingerprint density at radius 3 is 1.05 bits per heavy atom. The maximum Gasteiger partial charge on any atom is -0.0305 e. The van der Waals surface area contributed by atoms with E-state index in [1.54, 1.807) is 0 Å². The number of rotatable bonds is 14. The predicted octanol–water partition coefficient (Wildman–Crippen LogP) is 14.6. The van der Waals surface area contributed by atoms with Crippen molar-refractivity contribution >= 4 is 0 Å². The Morgan fingerprint density at radius 1 is 0.486 bits per heavy atom. The normalized spacial score (nSPS) is 12.7. The molecule has 0 radical (unpaired) electrons. The third-order valence-electron chi connectivity index (χ3n) is 8.40. The zero-order valence-corrected chi connectivity index (χ0v) is 30.1. The molecular weight excluding hydrogens is 444 g/mol. The SMILES string of the molecule is CC(C)(C)CCC(C)(C)C.CCCC(C)C.CCCC(C)C(CC)CC.CCCCC(CC)(CC)CC. The lowest BCUT2D eigenvalue weighted by molar-refractivity contribution is 0.222. The fourth-order valence-corrected chi connectivity index (χ4v) is 4.94. The average molecular weight is 527 g/mol. The second-order valence-corrected chi connectivity index (χ2v) is 14.8. The van der Waals surface area contributed by atoms with E-state index in [0.717, 1.165) is 17.8 Å². The molecule has 0 heteroatoms.